The van der Waals surface area contributed by atoms with E-state index in [1.54, 1.807) is 6.07 Å². The van der Waals surface area contributed by atoms with Gasteiger partial charge in [0.25, 0.3) is 0 Å². The zero-order chi connectivity index (χ0) is 20.8. The Labute approximate surface area is 166 Å². The average Bonchev–Trinajstić information content (AvgIpc) is 2.67. The Morgan fingerprint density at radius 3 is 1.89 bits per heavy atom. The van der Waals surface area contributed by atoms with Gasteiger partial charge in [0.15, 0.2) is 0 Å². The number of carboxylic acid groups (broad SMARTS) is 2. The third-order valence-electron chi connectivity index (χ3n) is 4.49. The van der Waals surface area contributed by atoms with Crippen LogP contribution in [0.3, 0.4) is 0 Å². The first-order valence-corrected chi connectivity index (χ1v) is 9.59. The quantitative estimate of drug-likeness (QED) is 0.310. The lowest BCUT2D eigenvalue weighted by Crippen LogP contribution is -2.14. The Morgan fingerprint density at radius 1 is 0.821 bits per heavy atom. The number of hydrogen-bond acceptors (Lipinski definition) is 4. The van der Waals surface area contributed by atoms with Gasteiger partial charge >= 0.3 is 11.9 Å². The summed E-state index contributed by atoms with van der Waals surface area (Å²) in [4.78, 5) is 23.3. The van der Waals surface area contributed by atoms with E-state index in [2.05, 4.69) is 13.2 Å². The summed E-state index contributed by atoms with van der Waals surface area (Å²) in [6, 6.07) is 3.16. The summed E-state index contributed by atoms with van der Waals surface area (Å²) in [6.07, 6.45) is 9.25. The zero-order valence-corrected chi connectivity index (χ0v) is 16.3. The van der Waals surface area contributed by atoms with Crippen molar-refractivity contribution in [2.24, 2.45) is 0 Å². The second-order valence-corrected chi connectivity index (χ2v) is 6.43. The molecule has 1 rings (SSSR count). The fourth-order valence-electron chi connectivity index (χ4n) is 3.14. The van der Waals surface area contributed by atoms with Crippen LogP contribution in [0, 0.1) is 0 Å². The Morgan fingerprint density at radius 2 is 1.39 bits per heavy atom. The van der Waals surface area contributed by atoms with E-state index in [0.717, 1.165) is 44.1 Å². The molecule has 6 nitrogen and oxygen atoms in total. The molecule has 0 atom stereocenters. The number of aromatic carboxylic acids is 2. The number of benzene rings is 1. The fraction of sp³-hybridized carbons (Fsp3) is 0.455. The van der Waals surface area contributed by atoms with Crippen molar-refractivity contribution >= 4 is 11.9 Å². The average molecular weight is 390 g/mol. The van der Waals surface area contributed by atoms with Gasteiger partial charge in [0.05, 0.1) is 36.9 Å². The Bertz CT molecular complexity index is 665. The Balaban J connectivity index is 2.88. The first-order valence-electron chi connectivity index (χ1n) is 9.59. The maximum atomic E-state index is 11.8. The largest absolute Gasteiger partial charge is 0.502 e. The van der Waals surface area contributed by atoms with E-state index in [9.17, 15) is 19.8 Å². The third-order valence-corrected chi connectivity index (χ3v) is 4.49. The summed E-state index contributed by atoms with van der Waals surface area (Å²) in [6.45, 7) is 8.18. The molecule has 0 aliphatic rings. The molecular weight excluding hydrogens is 360 g/mol. The van der Waals surface area contributed by atoms with Crippen molar-refractivity contribution in [2.45, 2.75) is 51.4 Å². The van der Waals surface area contributed by atoms with Crippen molar-refractivity contribution in [3.05, 3.63) is 60.1 Å². The zero-order valence-electron chi connectivity index (χ0n) is 16.3. The molecule has 154 valence electrons. The van der Waals surface area contributed by atoms with Crippen LogP contribution in [0.1, 0.15) is 70.4 Å². The molecule has 1 aromatic rings. The summed E-state index contributed by atoms with van der Waals surface area (Å²) < 4.78 is 10.2. The first-order chi connectivity index (χ1) is 13.5. The number of hydrogen-bond donors (Lipinski definition) is 2. The monoisotopic (exact) mass is 390 g/mol. The van der Waals surface area contributed by atoms with Crippen LogP contribution >= 0.6 is 0 Å². The van der Waals surface area contributed by atoms with Gasteiger partial charge < -0.3 is 19.7 Å². The highest BCUT2D eigenvalue weighted by molar-refractivity contribution is 6.03. The van der Waals surface area contributed by atoms with E-state index in [1.807, 2.05) is 0 Å². The molecule has 0 fully saturated rings. The van der Waals surface area contributed by atoms with Crippen LogP contribution in [0.5, 0.6) is 0 Å². The van der Waals surface area contributed by atoms with Gasteiger partial charge in [0.2, 0.25) is 0 Å². The van der Waals surface area contributed by atoms with Crippen molar-refractivity contribution in [2.75, 3.05) is 13.2 Å². The molecule has 0 heterocycles. The highest BCUT2D eigenvalue weighted by Gasteiger charge is 2.22. The van der Waals surface area contributed by atoms with Gasteiger partial charge in [-0.15, -0.1) is 0 Å². The summed E-state index contributed by atoms with van der Waals surface area (Å²) in [7, 11) is 0. The minimum Gasteiger partial charge on any atom is -0.502 e. The molecule has 0 aromatic heterocycles. The molecule has 0 amide bonds. The maximum Gasteiger partial charge on any atom is 0.336 e. The standard InChI is InChI=1S/C22H30O6/c1-3-27-15-9-5-7-11-17-13-14-19(21(23)24)20(22(25)26)18(17)12-8-6-10-16-28-4-2/h3-4,13-14H,1-2,5-12,15-16H2,(H,23,24)(H,25,26). The van der Waals surface area contributed by atoms with Crippen LogP contribution < -0.4 is 0 Å². The van der Waals surface area contributed by atoms with E-state index in [0.29, 0.717) is 31.6 Å². The van der Waals surface area contributed by atoms with Gasteiger partial charge in [-0.2, -0.15) is 0 Å². The van der Waals surface area contributed by atoms with Gasteiger partial charge in [-0.1, -0.05) is 19.2 Å². The minimum atomic E-state index is -1.22. The second kappa shape index (κ2) is 13.4. The van der Waals surface area contributed by atoms with Crippen LogP contribution in [-0.2, 0) is 22.3 Å². The minimum absolute atomic E-state index is 0.0812. The Hall–Kier alpha value is -2.76. The van der Waals surface area contributed by atoms with Gasteiger partial charge in [0, 0.05) is 0 Å². The number of aryl methyl sites for hydroxylation is 1. The van der Waals surface area contributed by atoms with Crippen molar-refractivity contribution in [1.29, 1.82) is 0 Å². The van der Waals surface area contributed by atoms with Crippen molar-refractivity contribution in [3.8, 4) is 0 Å². The highest BCUT2D eigenvalue weighted by atomic mass is 16.5. The third kappa shape index (κ3) is 7.86. The second-order valence-electron chi connectivity index (χ2n) is 6.43. The number of carboxylic acids is 2. The normalized spacial score (nSPS) is 10.3. The van der Waals surface area contributed by atoms with E-state index in [4.69, 9.17) is 9.47 Å². The molecular formula is C22H30O6. The van der Waals surface area contributed by atoms with E-state index in [1.165, 1.54) is 18.6 Å². The molecule has 0 aliphatic heterocycles. The van der Waals surface area contributed by atoms with E-state index >= 15 is 0 Å². The predicted molar refractivity (Wildman–Crippen MR) is 108 cm³/mol. The molecule has 0 unspecified atom stereocenters. The van der Waals surface area contributed by atoms with E-state index < -0.39 is 11.9 Å². The number of rotatable bonds is 16. The van der Waals surface area contributed by atoms with Gasteiger partial charge in [-0.05, 0) is 68.6 Å². The molecule has 0 bridgehead atoms. The summed E-state index contributed by atoms with van der Waals surface area (Å²) in [5, 5.41) is 19.0. The van der Waals surface area contributed by atoms with Crippen molar-refractivity contribution in [1.82, 2.24) is 0 Å². The SMILES string of the molecule is C=COCCCCCc1ccc(C(=O)O)c(C(=O)O)c1CCCCCOC=C. The molecule has 2 N–H and O–H groups in total. The van der Waals surface area contributed by atoms with Gasteiger partial charge in [-0.3, -0.25) is 0 Å². The summed E-state index contributed by atoms with van der Waals surface area (Å²) >= 11 is 0. The van der Waals surface area contributed by atoms with Crippen LogP contribution in [0.4, 0.5) is 0 Å². The maximum absolute atomic E-state index is 11.8. The molecule has 0 spiro atoms. The van der Waals surface area contributed by atoms with Gasteiger partial charge in [-0.25, -0.2) is 9.59 Å². The molecule has 6 heteroatoms. The molecule has 28 heavy (non-hydrogen) atoms. The smallest absolute Gasteiger partial charge is 0.336 e. The molecule has 0 radical (unpaired) electrons. The number of unbranched alkanes of at least 4 members (excludes halogenated alkanes) is 4. The summed E-state index contributed by atoms with van der Waals surface area (Å²) in [5.74, 6) is -2.41. The lowest BCUT2D eigenvalue weighted by Gasteiger charge is -2.15. The fourth-order valence-corrected chi connectivity index (χ4v) is 3.14. The number of carbonyl (C=O) groups is 2. The molecule has 0 saturated carbocycles. The lowest BCUT2D eigenvalue weighted by atomic mass is 9.89. The van der Waals surface area contributed by atoms with Crippen LogP contribution in [-0.4, -0.2) is 35.4 Å². The molecule has 0 saturated heterocycles. The molecule has 0 aliphatic carbocycles. The molecule has 1 aromatic carbocycles. The lowest BCUT2D eigenvalue weighted by molar-refractivity contribution is 0.0650. The van der Waals surface area contributed by atoms with Crippen molar-refractivity contribution in [3.63, 3.8) is 0 Å². The number of ether oxygens (including phenoxy) is 2. The predicted octanol–water partition coefficient (Wildman–Crippen LogP) is 4.83. The van der Waals surface area contributed by atoms with Crippen molar-refractivity contribution < 1.29 is 29.3 Å². The van der Waals surface area contributed by atoms with Gasteiger partial charge in [0.1, 0.15) is 0 Å². The van der Waals surface area contributed by atoms with E-state index in [-0.39, 0.29) is 11.1 Å². The Kier molecular flexibility index (Phi) is 11.2. The first kappa shape index (κ1) is 23.3. The summed E-state index contributed by atoms with van der Waals surface area (Å²) in [5.41, 5.74) is 1.32. The van der Waals surface area contributed by atoms with Crippen LogP contribution in [0.25, 0.3) is 0 Å². The van der Waals surface area contributed by atoms with Crippen LogP contribution in [0.15, 0.2) is 37.8 Å². The van der Waals surface area contributed by atoms with Crippen LogP contribution in [0.2, 0.25) is 0 Å². The topological polar surface area (TPSA) is 93.1 Å². The highest BCUT2D eigenvalue weighted by Crippen LogP contribution is 2.24.